The largest absolute Gasteiger partial charge is 0.480 e. The summed E-state index contributed by atoms with van der Waals surface area (Å²) in [6.45, 7) is 0.716. The Morgan fingerprint density at radius 3 is 2.37 bits per heavy atom. The first kappa shape index (κ1) is 24.3. The van der Waals surface area contributed by atoms with E-state index in [0.717, 1.165) is 6.07 Å². The van der Waals surface area contributed by atoms with Gasteiger partial charge in [0.05, 0.1) is 10.6 Å². The summed E-state index contributed by atoms with van der Waals surface area (Å²) in [4.78, 5) is 22.6. The van der Waals surface area contributed by atoms with Gasteiger partial charge < -0.3 is 9.84 Å². The van der Waals surface area contributed by atoms with Crippen LogP contribution in [-0.4, -0.2) is 37.0 Å². The van der Waals surface area contributed by atoms with Crippen LogP contribution in [0.4, 0.5) is 10.1 Å². The van der Waals surface area contributed by atoms with Crippen LogP contribution >= 0.6 is 31.9 Å². The highest BCUT2D eigenvalue weighted by molar-refractivity contribution is 9.10. The molecule has 0 saturated carbocycles. The molecule has 0 amide bonds. The molecule has 0 aliphatic heterocycles. The number of alkyl halides is 1. The molecule has 0 aliphatic carbocycles. The molecule has 0 heterocycles. The van der Waals surface area contributed by atoms with Gasteiger partial charge in [-0.2, -0.15) is 0 Å². The van der Waals surface area contributed by atoms with Crippen molar-refractivity contribution in [3.8, 4) is 0 Å². The van der Waals surface area contributed by atoms with Crippen LogP contribution in [-0.2, 0) is 30.8 Å². The molecule has 0 bridgehead atoms. The SMILES string of the molecule is CC(Br)OC(=O)CCc1ccc(S(=O)(=O)N(CC(=O)O)c2ccc(Br)cc2F)cc1. The lowest BCUT2D eigenvalue weighted by atomic mass is 10.1. The number of hydrogen-bond donors (Lipinski definition) is 1. The number of carboxylic acids is 1. The molecule has 0 fully saturated rings. The van der Waals surface area contributed by atoms with E-state index in [0.29, 0.717) is 20.8 Å². The zero-order chi connectivity index (χ0) is 22.5. The molecular formula is C19H18Br2FNO6S. The number of carbonyl (C=O) groups is 2. The molecule has 162 valence electrons. The second kappa shape index (κ2) is 10.4. The maximum absolute atomic E-state index is 14.4. The van der Waals surface area contributed by atoms with Crippen molar-refractivity contribution in [1.29, 1.82) is 0 Å². The van der Waals surface area contributed by atoms with E-state index in [4.69, 9.17) is 9.84 Å². The average molecular weight is 567 g/mol. The molecule has 11 heteroatoms. The monoisotopic (exact) mass is 565 g/mol. The van der Waals surface area contributed by atoms with Gasteiger partial charge in [-0.25, -0.2) is 12.8 Å². The first-order chi connectivity index (χ1) is 14.0. The highest BCUT2D eigenvalue weighted by atomic mass is 79.9. The Morgan fingerprint density at radius 1 is 1.20 bits per heavy atom. The molecule has 1 N–H and O–H groups in total. The molecule has 2 aromatic carbocycles. The minimum absolute atomic E-state index is 0.108. The number of halogens is 3. The van der Waals surface area contributed by atoms with Crippen LogP contribution in [0.25, 0.3) is 0 Å². The Bertz CT molecular complexity index is 1030. The van der Waals surface area contributed by atoms with Crippen molar-refractivity contribution in [3.05, 3.63) is 58.3 Å². The number of benzene rings is 2. The van der Waals surface area contributed by atoms with E-state index >= 15 is 0 Å². The summed E-state index contributed by atoms with van der Waals surface area (Å²) in [5, 5.41) is 8.74. The van der Waals surface area contributed by atoms with Crippen molar-refractivity contribution in [2.75, 3.05) is 10.8 Å². The number of rotatable bonds is 9. The van der Waals surface area contributed by atoms with Crippen molar-refractivity contribution >= 4 is 59.5 Å². The molecule has 0 aromatic heterocycles. The van der Waals surface area contributed by atoms with Crippen molar-refractivity contribution in [2.24, 2.45) is 0 Å². The first-order valence-electron chi connectivity index (χ1n) is 8.63. The number of nitrogens with zero attached hydrogens (tertiary/aromatic N) is 1. The summed E-state index contributed by atoms with van der Waals surface area (Å²) in [7, 11) is -4.35. The Balaban J connectivity index is 2.28. The van der Waals surface area contributed by atoms with Gasteiger partial charge in [-0.1, -0.05) is 28.1 Å². The molecule has 7 nitrogen and oxygen atoms in total. The van der Waals surface area contributed by atoms with Crippen molar-refractivity contribution < 1.29 is 32.2 Å². The molecular weight excluding hydrogens is 549 g/mol. The zero-order valence-corrected chi connectivity index (χ0v) is 19.7. The van der Waals surface area contributed by atoms with E-state index in [2.05, 4.69) is 31.9 Å². The molecule has 0 radical (unpaired) electrons. The zero-order valence-electron chi connectivity index (χ0n) is 15.7. The number of carbonyl (C=O) groups excluding carboxylic acids is 1. The summed E-state index contributed by atoms with van der Waals surface area (Å²) in [5.74, 6) is -2.73. The molecule has 2 rings (SSSR count). The van der Waals surface area contributed by atoms with Crippen molar-refractivity contribution in [1.82, 2.24) is 0 Å². The normalized spacial score (nSPS) is 12.3. The van der Waals surface area contributed by atoms with Crippen LogP contribution in [0.3, 0.4) is 0 Å². The lowest BCUT2D eigenvalue weighted by Crippen LogP contribution is -2.36. The lowest BCUT2D eigenvalue weighted by molar-refractivity contribution is -0.144. The minimum Gasteiger partial charge on any atom is -0.480 e. The number of ether oxygens (including phenoxy) is 1. The number of hydrogen-bond acceptors (Lipinski definition) is 5. The Labute approximate surface area is 190 Å². The maximum Gasteiger partial charge on any atom is 0.324 e. The Hall–Kier alpha value is -1.98. The van der Waals surface area contributed by atoms with Crippen LogP contribution < -0.4 is 4.31 Å². The second-order valence-corrected chi connectivity index (χ2v) is 10.2. The average Bonchev–Trinajstić information content (AvgIpc) is 2.64. The van der Waals surface area contributed by atoms with Gasteiger partial charge in [0.15, 0.2) is 5.01 Å². The number of carboxylic acid groups (broad SMARTS) is 1. The number of anilines is 1. The molecule has 1 atom stereocenters. The standard InChI is InChI=1S/C19H18Br2FNO6S/c1-12(20)29-19(26)9-4-13-2-6-15(7-3-13)30(27,28)23(11-18(24)25)17-8-5-14(21)10-16(17)22/h2-3,5-8,10,12H,4,9,11H2,1H3,(H,24,25). The molecule has 0 spiro atoms. The number of aliphatic carboxylic acids is 1. The van der Waals surface area contributed by atoms with E-state index in [1.165, 1.54) is 36.4 Å². The summed E-state index contributed by atoms with van der Waals surface area (Å²) in [6.07, 6.45) is 0.441. The van der Waals surface area contributed by atoms with Crippen LogP contribution in [0.5, 0.6) is 0 Å². The van der Waals surface area contributed by atoms with E-state index in [-0.39, 0.29) is 17.0 Å². The van der Waals surface area contributed by atoms with Gasteiger partial charge >= 0.3 is 11.9 Å². The van der Waals surface area contributed by atoms with Gasteiger partial charge in [-0.3, -0.25) is 13.9 Å². The Morgan fingerprint density at radius 2 is 1.83 bits per heavy atom. The number of aryl methyl sites for hydroxylation is 1. The van der Waals surface area contributed by atoms with Crippen LogP contribution in [0.1, 0.15) is 18.9 Å². The molecule has 2 aromatic rings. The topological polar surface area (TPSA) is 101 Å². The second-order valence-electron chi connectivity index (χ2n) is 6.18. The first-order valence-corrected chi connectivity index (χ1v) is 11.8. The smallest absolute Gasteiger partial charge is 0.324 e. The summed E-state index contributed by atoms with van der Waals surface area (Å²) in [5.41, 5.74) is 0.309. The van der Waals surface area contributed by atoms with Crippen LogP contribution in [0.2, 0.25) is 0 Å². The third kappa shape index (κ3) is 6.51. The van der Waals surface area contributed by atoms with Crippen LogP contribution in [0.15, 0.2) is 51.8 Å². The quantitative estimate of drug-likeness (QED) is 0.362. The summed E-state index contributed by atoms with van der Waals surface area (Å²) in [6, 6.07) is 9.24. The fourth-order valence-electron chi connectivity index (χ4n) is 2.55. The van der Waals surface area contributed by atoms with Crippen molar-refractivity contribution in [2.45, 2.75) is 29.7 Å². The van der Waals surface area contributed by atoms with Gasteiger partial charge in [0.1, 0.15) is 12.4 Å². The minimum atomic E-state index is -4.35. The molecule has 0 aliphatic rings. The molecule has 0 saturated heterocycles. The number of esters is 1. The predicted molar refractivity (Wildman–Crippen MR) is 116 cm³/mol. The summed E-state index contributed by atoms with van der Waals surface area (Å²) >= 11 is 6.18. The molecule has 30 heavy (non-hydrogen) atoms. The van der Waals surface area contributed by atoms with E-state index < -0.39 is 39.3 Å². The fraction of sp³-hybridized carbons (Fsp3) is 0.263. The van der Waals surface area contributed by atoms with E-state index in [1.54, 1.807) is 6.92 Å². The van der Waals surface area contributed by atoms with E-state index in [9.17, 15) is 22.4 Å². The van der Waals surface area contributed by atoms with Crippen LogP contribution in [0, 0.1) is 5.82 Å². The van der Waals surface area contributed by atoms with Gasteiger partial charge in [-0.05, 0) is 65.2 Å². The third-order valence-corrected chi connectivity index (χ3v) is 6.33. The van der Waals surface area contributed by atoms with Crippen molar-refractivity contribution in [3.63, 3.8) is 0 Å². The number of sulfonamides is 1. The maximum atomic E-state index is 14.4. The predicted octanol–water partition coefficient (Wildman–Crippen LogP) is 4.08. The third-order valence-electron chi connectivity index (χ3n) is 3.88. The van der Waals surface area contributed by atoms with Gasteiger partial charge in [0.25, 0.3) is 10.0 Å². The van der Waals surface area contributed by atoms with Gasteiger partial charge in [0, 0.05) is 10.9 Å². The fourth-order valence-corrected chi connectivity index (χ4v) is 4.51. The lowest BCUT2D eigenvalue weighted by Gasteiger charge is -2.23. The highest BCUT2D eigenvalue weighted by Crippen LogP contribution is 2.28. The molecule has 1 unspecified atom stereocenters. The summed E-state index contributed by atoms with van der Waals surface area (Å²) < 4.78 is 46.2. The van der Waals surface area contributed by atoms with Gasteiger partial charge in [-0.15, -0.1) is 0 Å². The van der Waals surface area contributed by atoms with Gasteiger partial charge in [0.2, 0.25) is 0 Å². The Kier molecular flexibility index (Phi) is 8.39. The highest BCUT2D eigenvalue weighted by Gasteiger charge is 2.29. The van der Waals surface area contributed by atoms with E-state index in [1.807, 2.05) is 0 Å².